The van der Waals surface area contributed by atoms with Crippen molar-refractivity contribution in [1.29, 1.82) is 0 Å². The summed E-state index contributed by atoms with van der Waals surface area (Å²) in [7, 11) is 1.58. The second-order valence-corrected chi connectivity index (χ2v) is 5.56. The van der Waals surface area contributed by atoms with Crippen molar-refractivity contribution in [3.63, 3.8) is 0 Å². The standard InChI is InChI=1S/C16H22N2O3/c1-12(2)15(13-7-5-4-6-8-13)18-14(19)11-17(16(18)20)9-10-21-3/h4-8,12,15H,9-11H2,1-3H3. The van der Waals surface area contributed by atoms with Crippen LogP contribution >= 0.6 is 0 Å². The van der Waals surface area contributed by atoms with Gasteiger partial charge in [-0.25, -0.2) is 4.79 Å². The van der Waals surface area contributed by atoms with Crippen LogP contribution in [0.15, 0.2) is 30.3 Å². The van der Waals surface area contributed by atoms with Gasteiger partial charge in [-0.1, -0.05) is 44.2 Å². The first-order chi connectivity index (χ1) is 10.1. The number of benzene rings is 1. The molecule has 0 bridgehead atoms. The van der Waals surface area contributed by atoms with E-state index in [0.717, 1.165) is 5.56 Å². The van der Waals surface area contributed by atoms with E-state index in [1.165, 1.54) is 4.90 Å². The minimum Gasteiger partial charge on any atom is -0.383 e. The molecule has 1 unspecified atom stereocenters. The van der Waals surface area contributed by atoms with Crippen LogP contribution < -0.4 is 0 Å². The van der Waals surface area contributed by atoms with Gasteiger partial charge in [0.1, 0.15) is 6.54 Å². The van der Waals surface area contributed by atoms with Crippen LogP contribution in [0.4, 0.5) is 4.79 Å². The molecule has 3 amide bonds. The Bertz CT molecular complexity index is 502. The Balaban J connectivity index is 2.25. The van der Waals surface area contributed by atoms with E-state index in [1.807, 2.05) is 44.2 Å². The van der Waals surface area contributed by atoms with Gasteiger partial charge in [0, 0.05) is 13.7 Å². The zero-order valence-corrected chi connectivity index (χ0v) is 12.8. The number of nitrogens with zero attached hydrogens (tertiary/aromatic N) is 2. The molecule has 5 heteroatoms. The van der Waals surface area contributed by atoms with Crippen molar-refractivity contribution in [2.24, 2.45) is 5.92 Å². The Morgan fingerprint density at radius 2 is 1.86 bits per heavy atom. The minimum atomic E-state index is -0.223. The van der Waals surface area contributed by atoms with Gasteiger partial charge in [-0.2, -0.15) is 0 Å². The van der Waals surface area contributed by atoms with E-state index in [0.29, 0.717) is 13.2 Å². The maximum absolute atomic E-state index is 12.5. The highest BCUT2D eigenvalue weighted by molar-refractivity contribution is 6.02. The van der Waals surface area contributed by atoms with Crippen LogP contribution in [0.1, 0.15) is 25.5 Å². The molecule has 0 spiro atoms. The zero-order chi connectivity index (χ0) is 15.4. The molecule has 0 N–H and O–H groups in total. The number of carbonyl (C=O) groups excluding carboxylic acids is 2. The highest BCUT2D eigenvalue weighted by atomic mass is 16.5. The van der Waals surface area contributed by atoms with Crippen molar-refractivity contribution in [1.82, 2.24) is 9.80 Å². The van der Waals surface area contributed by atoms with Crippen molar-refractivity contribution < 1.29 is 14.3 Å². The third-order valence-corrected chi connectivity index (χ3v) is 3.69. The van der Waals surface area contributed by atoms with E-state index in [1.54, 1.807) is 12.0 Å². The first-order valence-corrected chi connectivity index (χ1v) is 7.21. The quantitative estimate of drug-likeness (QED) is 0.755. The first kappa shape index (κ1) is 15.5. The largest absolute Gasteiger partial charge is 0.383 e. The number of imide groups is 1. The van der Waals surface area contributed by atoms with Crippen molar-refractivity contribution in [2.45, 2.75) is 19.9 Å². The average Bonchev–Trinajstić information content (AvgIpc) is 2.74. The number of hydrogen-bond acceptors (Lipinski definition) is 3. The highest BCUT2D eigenvalue weighted by Gasteiger charge is 2.41. The number of ether oxygens (including phenoxy) is 1. The van der Waals surface area contributed by atoms with Gasteiger partial charge in [-0.15, -0.1) is 0 Å². The van der Waals surface area contributed by atoms with Gasteiger partial charge < -0.3 is 9.64 Å². The van der Waals surface area contributed by atoms with E-state index in [9.17, 15) is 9.59 Å². The Morgan fingerprint density at radius 3 is 2.43 bits per heavy atom. The number of urea groups is 1. The Morgan fingerprint density at radius 1 is 1.19 bits per heavy atom. The molecule has 21 heavy (non-hydrogen) atoms. The molecular formula is C16H22N2O3. The Kier molecular flexibility index (Phi) is 4.96. The summed E-state index contributed by atoms with van der Waals surface area (Å²) < 4.78 is 4.99. The molecule has 1 heterocycles. The van der Waals surface area contributed by atoms with E-state index in [-0.39, 0.29) is 30.4 Å². The van der Waals surface area contributed by atoms with Crippen molar-refractivity contribution in [3.8, 4) is 0 Å². The van der Waals surface area contributed by atoms with Gasteiger partial charge in [0.15, 0.2) is 0 Å². The topological polar surface area (TPSA) is 49.9 Å². The first-order valence-electron chi connectivity index (χ1n) is 7.21. The molecule has 0 aromatic heterocycles. The maximum Gasteiger partial charge on any atom is 0.327 e. The molecule has 0 aliphatic carbocycles. The molecule has 1 aliphatic rings. The lowest BCUT2D eigenvalue weighted by Crippen LogP contribution is -2.39. The summed E-state index contributed by atoms with van der Waals surface area (Å²) in [5.41, 5.74) is 0.989. The fraction of sp³-hybridized carbons (Fsp3) is 0.500. The summed E-state index contributed by atoms with van der Waals surface area (Å²) in [4.78, 5) is 27.8. The monoisotopic (exact) mass is 290 g/mol. The Hall–Kier alpha value is -1.88. The van der Waals surface area contributed by atoms with Crippen LogP contribution in [0.2, 0.25) is 0 Å². The minimum absolute atomic E-state index is 0.137. The predicted octanol–water partition coefficient (Wildman–Crippen LogP) is 2.29. The summed E-state index contributed by atoms with van der Waals surface area (Å²) in [6.07, 6.45) is 0. The second-order valence-electron chi connectivity index (χ2n) is 5.56. The molecular weight excluding hydrogens is 268 g/mol. The van der Waals surface area contributed by atoms with E-state index in [2.05, 4.69) is 0 Å². The lowest BCUT2D eigenvalue weighted by atomic mass is 9.94. The van der Waals surface area contributed by atoms with Crippen molar-refractivity contribution in [3.05, 3.63) is 35.9 Å². The molecule has 1 atom stereocenters. The number of hydrogen-bond donors (Lipinski definition) is 0. The van der Waals surface area contributed by atoms with E-state index >= 15 is 0 Å². The Labute approximate surface area is 125 Å². The van der Waals surface area contributed by atoms with Crippen LogP contribution in [-0.4, -0.2) is 48.5 Å². The molecule has 2 rings (SSSR count). The van der Waals surface area contributed by atoms with E-state index in [4.69, 9.17) is 4.74 Å². The summed E-state index contributed by atoms with van der Waals surface area (Å²) >= 11 is 0. The summed E-state index contributed by atoms with van der Waals surface area (Å²) in [6, 6.07) is 9.26. The number of carbonyl (C=O) groups is 2. The summed E-state index contributed by atoms with van der Waals surface area (Å²) in [6.45, 7) is 5.06. The van der Waals surface area contributed by atoms with Crippen LogP contribution in [0.5, 0.6) is 0 Å². The lowest BCUT2D eigenvalue weighted by molar-refractivity contribution is -0.127. The molecule has 5 nitrogen and oxygen atoms in total. The average molecular weight is 290 g/mol. The fourth-order valence-electron chi connectivity index (χ4n) is 2.70. The van der Waals surface area contributed by atoms with Gasteiger partial charge in [0.25, 0.3) is 5.91 Å². The van der Waals surface area contributed by atoms with Gasteiger partial charge in [-0.3, -0.25) is 9.69 Å². The lowest BCUT2D eigenvalue weighted by Gasteiger charge is -2.29. The van der Waals surface area contributed by atoms with Gasteiger partial charge in [0.05, 0.1) is 12.6 Å². The van der Waals surface area contributed by atoms with Crippen molar-refractivity contribution >= 4 is 11.9 Å². The molecule has 1 saturated heterocycles. The van der Waals surface area contributed by atoms with Crippen LogP contribution in [0.25, 0.3) is 0 Å². The van der Waals surface area contributed by atoms with Crippen LogP contribution in [0, 0.1) is 5.92 Å². The number of methoxy groups -OCH3 is 1. The molecule has 114 valence electrons. The van der Waals surface area contributed by atoms with Crippen LogP contribution in [-0.2, 0) is 9.53 Å². The van der Waals surface area contributed by atoms with Gasteiger partial charge >= 0.3 is 6.03 Å². The molecule has 1 aromatic carbocycles. The summed E-state index contributed by atoms with van der Waals surface area (Å²) in [5, 5.41) is 0. The van der Waals surface area contributed by atoms with Crippen LogP contribution in [0.3, 0.4) is 0 Å². The summed E-state index contributed by atoms with van der Waals surface area (Å²) in [5.74, 6) is 0.0151. The molecule has 1 aliphatic heterocycles. The van der Waals surface area contributed by atoms with Gasteiger partial charge in [-0.05, 0) is 11.5 Å². The predicted molar refractivity (Wildman–Crippen MR) is 79.7 cm³/mol. The SMILES string of the molecule is COCCN1CC(=O)N(C(c2ccccc2)C(C)C)C1=O. The fourth-order valence-corrected chi connectivity index (χ4v) is 2.70. The molecule has 1 aromatic rings. The third-order valence-electron chi connectivity index (χ3n) is 3.69. The third kappa shape index (κ3) is 3.24. The second kappa shape index (κ2) is 6.72. The molecule has 1 fully saturated rings. The maximum atomic E-state index is 12.5. The van der Waals surface area contributed by atoms with Gasteiger partial charge in [0.2, 0.25) is 0 Å². The van der Waals surface area contributed by atoms with E-state index < -0.39 is 0 Å². The number of amides is 3. The molecule has 0 saturated carbocycles. The normalized spacial score (nSPS) is 17.0. The molecule has 0 radical (unpaired) electrons. The smallest absolute Gasteiger partial charge is 0.327 e. The van der Waals surface area contributed by atoms with Crippen molar-refractivity contribution in [2.75, 3.05) is 26.8 Å². The zero-order valence-electron chi connectivity index (χ0n) is 12.8. The highest BCUT2D eigenvalue weighted by Crippen LogP contribution is 2.31. The number of rotatable bonds is 6.